The molecule has 0 amide bonds. The molecule has 1 heterocycles. The number of non-ortho nitro benzene ring substituents is 1. The van der Waals surface area contributed by atoms with E-state index in [9.17, 15) is 14.9 Å². The van der Waals surface area contributed by atoms with Crippen LogP contribution in [0.25, 0.3) is 11.0 Å². The quantitative estimate of drug-likeness (QED) is 0.418. The zero-order chi connectivity index (χ0) is 16.6. The van der Waals surface area contributed by atoms with Crippen molar-refractivity contribution in [3.63, 3.8) is 0 Å². The summed E-state index contributed by atoms with van der Waals surface area (Å²) in [6.45, 7) is 3.86. The van der Waals surface area contributed by atoms with Gasteiger partial charge in [0, 0.05) is 29.5 Å². The van der Waals surface area contributed by atoms with Gasteiger partial charge in [0.25, 0.3) is 5.69 Å². The van der Waals surface area contributed by atoms with E-state index in [1.165, 1.54) is 12.1 Å². The molecule has 0 saturated heterocycles. The molecule has 0 radical (unpaired) electrons. The monoisotopic (exact) mass is 309 g/mol. The number of hydrogen-bond donors (Lipinski definition) is 0. The summed E-state index contributed by atoms with van der Waals surface area (Å²) in [5, 5.41) is 11.8. The van der Waals surface area contributed by atoms with Gasteiger partial charge in [0.1, 0.15) is 5.58 Å². The van der Waals surface area contributed by atoms with Crippen molar-refractivity contribution in [1.29, 1.82) is 0 Å². The van der Waals surface area contributed by atoms with Crippen LogP contribution in [0, 0.1) is 24.0 Å². The van der Waals surface area contributed by atoms with Gasteiger partial charge in [-0.05, 0) is 37.1 Å². The molecule has 0 fully saturated rings. The molecule has 0 spiro atoms. The van der Waals surface area contributed by atoms with Crippen LogP contribution < -0.4 is 5.63 Å². The maximum atomic E-state index is 12.3. The van der Waals surface area contributed by atoms with E-state index < -0.39 is 10.5 Å². The maximum absolute atomic E-state index is 12.3. The van der Waals surface area contributed by atoms with Crippen molar-refractivity contribution in [2.24, 2.45) is 0 Å². The van der Waals surface area contributed by atoms with Crippen molar-refractivity contribution in [3.8, 4) is 0 Å². The second-order valence-electron chi connectivity index (χ2n) is 5.60. The van der Waals surface area contributed by atoms with Gasteiger partial charge in [-0.1, -0.05) is 23.8 Å². The zero-order valence-electron chi connectivity index (χ0n) is 12.8. The Kier molecular flexibility index (Phi) is 3.70. The maximum Gasteiger partial charge on any atom is 0.340 e. The number of fused-ring (bicyclic) bond motifs is 1. The summed E-state index contributed by atoms with van der Waals surface area (Å²) < 4.78 is 5.39. The molecule has 0 aliphatic rings. The number of nitro groups is 1. The third-order valence-electron chi connectivity index (χ3n) is 3.94. The molecule has 0 saturated carbocycles. The first-order valence-corrected chi connectivity index (χ1v) is 7.22. The fourth-order valence-electron chi connectivity index (χ4n) is 2.69. The molecule has 5 nitrogen and oxygen atoms in total. The number of nitrogens with zero attached hydrogens (tertiary/aromatic N) is 1. The van der Waals surface area contributed by atoms with Gasteiger partial charge < -0.3 is 4.42 Å². The average molecular weight is 309 g/mol. The van der Waals surface area contributed by atoms with Gasteiger partial charge >= 0.3 is 5.63 Å². The standard InChI is InChI=1S/C18H15NO4/c1-11-6-7-17-15(8-11)12(2)16(18(20)23-17)10-13-4-3-5-14(9-13)19(21)22/h3-9H,10H2,1-2H3. The van der Waals surface area contributed by atoms with Gasteiger partial charge in [-0.25, -0.2) is 4.79 Å². The number of hydrogen-bond acceptors (Lipinski definition) is 4. The van der Waals surface area contributed by atoms with Gasteiger partial charge in [0.05, 0.1) is 4.92 Å². The van der Waals surface area contributed by atoms with Crippen LogP contribution in [0.1, 0.15) is 22.3 Å². The normalized spacial score (nSPS) is 10.9. The summed E-state index contributed by atoms with van der Waals surface area (Å²) in [7, 11) is 0. The molecule has 116 valence electrons. The molecule has 1 aromatic heterocycles. The number of rotatable bonds is 3. The molecule has 23 heavy (non-hydrogen) atoms. The van der Waals surface area contributed by atoms with Gasteiger partial charge in [0.15, 0.2) is 0 Å². The lowest BCUT2D eigenvalue weighted by molar-refractivity contribution is -0.384. The topological polar surface area (TPSA) is 73.3 Å². The highest BCUT2D eigenvalue weighted by Gasteiger charge is 2.13. The Balaban J connectivity index is 2.11. The highest BCUT2D eigenvalue weighted by molar-refractivity contribution is 5.81. The Morgan fingerprint density at radius 1 is 1.13 bits per heavy atom. The molecule has 3 aromatic rings. The lowest BCUT2D eigenvalue weighted by Gasteiger charge is -2.08. The fraction of sp³-hybridized carbons (Fsp3) is 0.167. The van der Waals surface area contributed by atoms with Gasteiger partial charge in [-0.3, -0.25) is 10.1 Å². The van der Waals surface area contributed by atoms with Gasteiger partial charge in [-0.2, -0.15) is 0 Å². The summed E-state index contributed by atoms with van der Waals surface area (Å²) in [4.78, 5) is 22.7. The minimum absolute atomic E-state index is 0.0150. The Morgan fingerprint density at radius 2 is 1.91 bits per heavy atom. The minimum atomic E-state index is -0.442. The third-order valence-corrected chi connectivity index (χ3v) is 3.94. The van der Waals surface area contributed by atoms with Crippen molar-refractivity contribution >= 4 is 16.7 Å². The highest BCUT2D eigenvalue weighted by Crippen LogP contribution is 2.23. The molecule has 3 rings (SSSR count). The van der Waals surface area contributed by atoms with Crippen LogP contribution >= 0.6 is 0 Å². The minimum Gasteiger partial charge on any atom is -0.423 e. The Morgan fingerprint density at radius 3 is 2.65 bits per heavy atom. The van der Waals surface area contributed by atoms with Crippen LogP contribution in [-0.4, -0.2) is 4.92 Å². The van der Waals surface area contributed by atoms with Gasteiger partial charge in [0.2, 0.25) is 0 Å². The summed E-state index contributed by atoms with van der Waals surface area (Å²) >= 11 is 0. The lowest BCUT2D eigenvalue weighted by atomic mass is 9.98. The molecule has 0 bridgehead atoms. The predicted octanol–water partition coefficient (Wildman–Crippen LogP) is 3.91. The third kappa shape index (κ3) is 2.85. The van der Waals surface area contributed by atoms with Crippen LogP contribution in [0.2, 0.25) is 0 Å². The number of nitro benzene ring substituents is 1. The van der Waals surface area contributed by atoms with Crippen LogP contribution in [0.4, 0.5) is 5.69 Å². The predicted molar refractivity (Wildman–Crippen MR) is 87.9 cm³/mol. The zero-order valence-corrected chi connectivity index (χ0v) is 12.8. The molecule has 5 heteroatoms. The second-order valence-corrected chi connectivity index (χ2v) is 5.60. The van der Waals surface area contributed by atoms with E-state index in [1.807, 2.05) is 26.0 Å². The Bertz CT molecular complexity index is 972. The molecular formula is C18H15NO4. The Hall–Kier alpha value is -2.95. The van der Waals surface area contributed by atoms with Crippen LogP contribution in [-0.2, 0) is 6.42 Å². The van der Waals surface area contributed by atoms with Crippen molar-refractivity contribution in [3.05, 3.63) is 85.3 Å². The van der Waals surface area contributed by atoms with E-state index >= 15 is 0 Å². The summed E-state index contributed by atoms with van der Waals surface area (Å²) in [5.41, 5.74) is 3.35. The molecular weight excluding hydrogens is 294 g/mol. The average Bonchev–Trinajstić information content (AvgIpc) is 2.52. The van der Waals surface area contributed by atoms with Crippen molar-refractivity contribution in [2.45, 2.75) is 20.3 Å². The van der Waals surface area contributed by atoms with Crippen molar-refractivity contribution in [2.75, 3.05) is 0 Å². The summed E-state index contributed by atoms with van der Waals surface area (Å²) in [5.74, 6) is 0. The SMILES string of the molecule is Cc1ccc2oc(=O)c(Cc3cccc([N+](=O)[O-])c3)c(C)c2c1. The first-order chi connectivity index (χ1) is 11.0. The molecule has 0 aliphatic carbocycles. The second kappa shape index (κ2) is 5.68. The molecule has 0 unspecified atom stereocenters. The molecule has 0 atom stereocenters. The fourth-order valence-corrected chi connectivity index (χ4v) is 2.69. The van der Waals surface area contributed by atoms with Crippen LogP contribution in [0.5, 0.6) is 0 Å². The first kappa shape index (κ1) is 15.0. The first-order valence-electron chi connectivity index (χ1n) is 7.22. The molecule has 0 aliphatic heterocycles. The van der Waals surface area contributed by atoms with Crippen LogP contribution in [0.3, 0.4) is 0 Å². The number of benzene rings is 2. The van der Waals surface area contributed by atoms with Crippen molar-refractivity contribution in [1.82, 2.24) is 0 Å². The smallest absolute Gasteiger partial charge is 0.340 e. The lowest BCUT2D eigenvalue weighted by Crippen LogP contribution is -2.11. The van der Waals surface area contributed by atoms with E-state index in [0.29, 0.717) is 23.1 Å². The molecule has 0 N–H and O–H groups in total. The van der Waals surface area contributed by atoms with E-state index in [4.69, 9.17) is 4.42 Å². The van der Waals surface area contributed by atoms with E-state index in [1.54, 1.807) is 18.2 Å². The molecule has 2 aromatic carbocycles. The van der Waals surface area contributed by atoms with E-state index in [2.05, 4.69) is 0 Å². The summed E-state index contributed by atoms with van der Waals surface area (Å²) in [6.07, 6.45) is 0.305. The summed E-state index contributed by atoms with van der Waals surface area (Å²) in [6, 6.07) is 12.0. The van der Waals surface area contributed by atoms with E-state index in [-0.39, 0.29) is 5.69 Å². The largest absolute Gasteiger partial charge is 0.423 e. The Labute approximate surface area is 132 Å². The van der Waals surface area contributed by atoms with Gasteiger partial charge in [-0.15, -0.1) is 0 Å². The van der Waals surface area contributed by atoms with Crippen LogP contribution in [0.15, 0.2) is 51.7 Å². The highest BCUT2D eigenvalue weighted by atomic mass is 16.6. The van der Waals surface area contributed by atoms with Crippen molar-refractivity contribution < 1.29 is 9.34 Å². The number of aryl methyl sites for hydroxylation is 2. The van der Waals surface area contributed by atoms with E-state index in [0.717, 1.165) is 16.5 Å².